The van der Waals surface area contributed by atoms with Crippen LogP contribution in [0.15, 0.2) is 21.3 Å². The first-order valence-corrected chi connectivity index (χ1v) is 8.44. The van der Waals surface area contributed by atoms with Gasteiger partial charge in [0, 0.05) is 24.6 Å². The van der Waals surface area contributed by atoms with Gasteiger partial charge in [-0.05, 0) is 44.0 Å². The lowest BCUT2D eigenvalue weighted by Gasteiger charge is -2.16. The number of anilines is 1. The minimum atomic E-state index is -4.56. The Kier molecular flexibility index (Phi) is 4.26. The zero-order chi connectivity index (χ0) is 14.2. The van der Waals surface area contributed by atoms with Gasteiger partial charge in [0.1, 0.15) is 9.21 Å². The molecule has 0 N–H and O–H groups in total. The van der Waals surface area contributed by atoms with E-state index in [1.165, 1.54) is 4.90 Å². The first-order valence-electron chi connectivity index (χ1n) is 5.30. The minimum absolute atomic E-state index is 0.0285. The summed E-state index contributed by atoms with van der Waals surface area (Å²) in [7, 11) is -4.56. The molecule has 1 fully saturated rings. The molecule has 1 aromatic rings. The third-order valence-electron chi connectivity index (χ3n) is 2.70. The van der Waals surface area contributed by atoms with Crippen molar-refractivity contribution in [1.82, 2.24) is 4.98 Å². The topological polar surface area (TPSA) is 67.3 Å². The number of rotatable bonds is 3. The number of carbonyl (C=O) groups excluding carboxylic acids is 1. The van der Waals surface area contributed by atoms with Crippen molar-refractivity contribution >= 4 is 53.7 Å². The molecule has 0 aromatic carbocycles. The highest BCUT2D eigenvalue weighted by molar-refractivity contribution is 9.11. The number of nitrogens with zero attached hydrogens (tertiary/aromatic N) is 2. The number of hydrogen-bond acceptors (Lipinski definition) is 4. The van der Waals surface area contributed by atoms with Gasteiger partial charge in [-0.1, -0.05) is 0 Å². The average Bonchev–Trinajstić information content (AvgIpc) is 2.54. The third-order valence-corrected chi connectivity index (χ3v) is 4.38. The number of halogens is 3. The van der Waals surface area contributed by atoms with Crippen LogP contribution in [0.4, 0.5) is 9.57 Å². The fraction of sp³-hybridized carbons (Fsp3) is 0.400. The van der Waals surface area contributed by atoms with Gasteiger partial charge in [-0.3, -0.25) is 4.79 Å². The molecule has 1 amide bonds. The number of carbonyl (C=O) groups is 1. The Hall–Kier alpha value is -0.540. The van der Waals surface area contributed by atoms with Gasteiger partial charge in [-0.15, -0.1) is 3.89 Å². The van der Waals surface area contributed by atoms with Gasteiger partial charge in [-0.25, -0.2) is 4.98 Å². The molecule has 1 unspecified atom stereocenters. The van der Waals surface area contributed by atoms with Crippen LogP contribution >= 0.6 is 31.9 Å². The van der Waals surface area contributed by atoms with Crippen molar-refractivity contribution in [3.05, 3.63) is 21.3 Å². The maximum absolute atomic E-state index is 12.6. The van der Waals surface area contributed by atoms with Crippen molar-refractivity contribution in [2.45, 2.75) is 6.42 Å². The van der Waals surface area contributed by atoms with Gasteiger partial charge in [-0.2, -0.15) is 8.42 Å². The van der Waals surface area contributed by atoms with Gasteiger partial charge in [0.2, 0.25) is 5.91 Å². The van der Waals surface area contributed by atoms with Crippen LogP contribution in [0.2, 0.25) is 0 Å². The molecule has 2 heterocycles. The van der Waals surface area contributed by atoms with E-state index in [9.17, 15) is 17.1 Å². The fourth-order valence-electron chi connectivity index (χ4n) is 2.03. The van der Waals surface area contributed by atoms with Crippen molar-refractivity contribution in [2.75, 3.05) is 17.2 Å². The minimum Gasteiger partial charge on any atom is -0.312 e. The predicted molar refractivity (Wildman–Crippen MR) is 75.0 cm³/mol. The summed E-state index contributed by atoms with van der Waals surface area (Å²) in [6.07, 6.45) is 0.0285. The molecule has 1 aliphatic heterocycles. The Morgan fingerprint density at radius 2 is 1.95 bits per heavy atom. The monoisotopic (exact) mass is 414 g/mol. The van der Waals surface area contributed by atoms with E-state index in [1.54, 1.807) is 12.1 Å². The van der Waals surface area contributed by atoms with Crippen LogP contribution in [0, 0.1) is 5.92 Å². The Balaban J connectivity index is 2.20. The molecule has 1 aromatic heterocycles. The molecular formula is C10H9Br2FN2O3S. The quantitative estimate of drug-likeness (QED) is 0.560. The molecule has 5 nitrogen and oxygen atoms in total. The zero-order valence-corrected chi connectivity index (χ0v) is 13.5. The SMILES string of the molecule is O=C1CC(CS(=O)(=O)F)CN1c1cc(Br)nc(Br)c1. The summed E-state index contributed by atoms with van der Waals surface area (Å²) in [6.45, 7) is 0.185. The normalized spacial score (nSPS) is 20.1. The standard InChI is InChI=1S/C10H9Br2FN2O3S/c11-8-2-7(3-9(12)14-8)15-4-6(1-10(15)16)5-19(13,17)18/h2-3,6H,1,4-5H2. The van der Waals surface area contributed by atoms with Gasteiger partial charge < -0.3 is 4.90 Å². The maximum Gasteiger partial charge on any atom is 0.302 e. The summed E-state index contributed by atoms with van der Waals surface area (Å²) < 4.78 is 35.0. The Morgan fingerprint density at radius 1 is 1.37 bits per heavy atom. The molecule has 0 radical (unpaired) electrons. The van der Waals surface area contributed by atoms with Crippen LogP contribution < -0.4 is 4.90 Å². The molecule has 0 bridgehead atoms. The second-order valence-corrected chi connectivity index (χ2v) is 7.29. The Labute approximate surface area is 126 Å². The van der Waals surface area contributed by atoms with Crippen molar-refractivity contribution in [3.8, 4) is 0 Å². The van der Waals surface area contributed by atoms with Crippen molar-refractivity contribution < 1.29 is 17.1 Å². The second kappa shape index (κ2) is 5.45. The second-order valence-electron chi connectivity index (χ2n) is 4.25. The highest BCUT2D eigenvalue weighted by atomic mass is 79.9. The summed E-state index contributed by atoms with van der Waals surface area (Å²) in [5.74, 6) is -1.37. The predicted octanol–water partition coefficient (Wildman–Crippen LogP) is 2.26. The molecule has 104 valence electrons. The molecular weight excluding hydrogens is 407 g/mol. The smallest absolute Gasteiger partial charge is 0.302 e. The fourth-order valence-corrected chi connectivity index (χ4v) is 3.91. The highest BCUT2D eigenvalue weighted by Gasteiger charge is 2.33. The van der Waals surface area contributed by atoms with Gasteiger partial charge in [0.25, 0.3) is 0 Å². The molecule has 1 atom stereocenters. The zero-order valence-electron chi connectivity index (χ0n) is 9.51. The molecule has 19 heavy (non-hydrogen) atoms. The van der Waals surface area contributed by atoms with Crippen LogP contribution in [-0.2, 0) is 15.0 Å². The molecule has 0 spiro atoms. The lowest BCUT2D eigenvalue weighted by molar-refractivity contribution is -0.117. The molecule has 1 aliphatic rings. The van der Waals surface area contributed by atoms with Gasteiger partial charge >= 0.3 is 10.2 Å². The van der Waals surface area contributed by atoms with E-state index in [-0.39, 0.29) is 18.9 Å². The first-order chi connectivity index (χ1) is 8.74. The average molecular weight is 416 g/mol. The lowest BCUT2D eigenvalue weighted by Crippen LogP contribution is -2.25. The molecule has 0 aliphatic carbocycles. The molecule has 1 saturated heterocycles. The molecule has 9 heteroatoms. The van der Waals surface area contributed by atoms with Crippen LogP contribution in [0.5, 0.6) is 0 Å². The van der Waals surface area contributed by atoms with E-state index in [4.69, 9.17) is 0 Å². The summed E-state index contributed by atoms with van der Waals surface area (Å²) in [5, 5.41) is 0. The van der Waals surface area contributed by atoms with Crippen LogP contribution in [0.3, 0.4) is 0 Å². The van der Waals surface area contributed by atoms with Gasteiger partial charge in [0.05, 0.1) is 5.75 Å². The number of aromatic nitrogens is 1. The lowest BCUT2D eigenvalue weighted by atomic mass is 10.1. The van der Waals surface area contributed by atoms with Crippen molar-refractivity contribution in [2.24, 2.45) is 5.92 Å². The maximum atomic E-state index is 12.6. The number of amides is 1. The largest absolute Gasteiger partial charge is 0.312 e. The van der Waals surface area contributed by atoms with Crippen LogP contribution in [0.1, 0.15) is 6.42 Å². The van der Waals surface area contributed by atoms with Crippen LogP contribution in [0.25, 0.3) is 0 Å². The molecule has 2 rings (SSSR count). The summed E-state index contributed by atoms with van der Waals surface area (Å²) in [4.78, 5) is 17.3. The number of pyridine rings is 1. The molecule has 0 saturated carbocycles. The first kappa shape index (κ1) is 14.9. The van der Waals surface area contributed by atoms with Crippen molar-refractivity contribution in [1.29, 1.82) is 0 Å². The van der Waals surface area contributed by atoms with E-state index in [2.05, 4.69) is 36.8 Å². The van der Waals surface area contributed by atoms with E-state index in [1.807, 2.05) is 0 Å². The van der Waals surface area contributed by atoms with Crippen molar-refractivity contribution in [3.63, 3.8) is 0 Å². The summed E-state index contributed by atoms with van der Waals surface area (Å²) >= 11 is 6.42. The third kappa shape index (κ3) is 3.96. The van der Waals surface area contributed by atoms with Crippen LogP contribution in [-0.4, -0.2) is 31.6 Å². The summed E-state index contributed by atoms with van der Waals surface area (Å²) in [5.41, 5.74) is 0.595. The van der Waals surface area contributed by atoms with E-state index in [0.29, 0.717) is 14.9 Å². The number of hydrogen-bond donors (Lipinski definition) is 0. The van der Waals surface area contributed by atoms with E-state index >= 15 is 0 Å². The Bertz CT molecular complexity index is 603. The highest BCUT2D eigenvalue weighted by Crippen LogP contribution is 2.29. The summed E-state index contributed by atoms with van der Waals surface area (Å²) in [6, 6.07) is 3.30. The van der Waals surface area contributed by atoms with E-state index in [0.717, 1.165) is 0 Å². The van der Waals surface area contributed by atoms with E-state index < -0.39 is 21.9 Å². The van der Waals surface area contributed by atoms with Gasteiger partial charge in [0.15, 0.2) is 0 Å². The Morgan fingerprint density at radius 3 is 2.47 bits per heavy atom.